The summed E-state index contributed by atoms with van der Waals surface area (Å²) in [5.74, 6) is 0.941. The van der Waals surface area contributed by atoms with Gasteiger partial charge in [-0.1, -0.05) is 46.3 Å². The molecular weight excluding hydrogens is 296 g/mol. The molecule has 1 nitrogen and oxygen atoms in total. The van der Waals surface area contributed by atoms with Crippen molar-refractivity contribution in [3.63, 3.8) is 0 Å². The number of rotatable bonds is 4. The molecule has 17 heavy (non-hydrogen) atoms. The summed E-state index contributed by atoms with van der Waals surface area (Å²) in [4.78, 5) is 1.17. The van der Waals surface area contributed by atoms with E-state index < -0.39 is 0 Å². The molecule has 3 heteroatoms. The van der Waals surface area contributed by atoms with Gasteiger partial charge in [0.2, 0.25) is 0 Å². The van der Waals surface area contributed by atoms with Gasteiger partial charge in [0.05, 0.1) is 0 Å². The average Bonchev–Trinajstić information content (AvgIpc) is 2.38. The molecule has 2 aromatic rings. The number of para-hydroxylation sites is 1. The van der Waals surface area contributed by atoms with Crippen LogP contribution in [-0.2, 0) is 6.61 Å². The molecule has 0 amide bonds. The molecule has 0 atom stereocenters. The van der Waals surface area contributed by atoms with Crippen molar-refractivity contribution in [2.45, 2.75) is 11.5 Å². The van der Waals surface area contributed by atoms with Gasteiger partial charge in [0.15, 0.2) is 0 Å². The van der Waals surface area contributed by atoms with Crippen molar-refractivity contribution in [3.05, 3.63) is 58.6 Å². The zero-order valence-corrected chi connectivity index (χ0v) is 11.9. The first-order valence-corrected chi connectivity index (χ1v) is 7.32. The van der Waals surface area contributed by atoms with E-state index in [9.17, 15) is 0 Å². The zero-order chi connectivity index (χ0) is 12.1. The summed E-state index contributed by atoms with van der Waals surface area (Å²) in [6, 6.07) is 16.2. The SMILES string of the molecule is CSc1ccccc1OCc1ccccc1Br. The summed E-state index contributed by atoms with van der Waals surface area (Å²) in [5.41, 5.74) is 1.16. The standard InChI is InChI=1S/C14H13BrOS/c1-17-14-9-5-4-8-13(14)16-10-11-6-2-3-7-12(11)15/h2-9H,10H2,1H3. The second-order valence-corrected chi connectivity index (χ2v) is 5.23. The topological polar surface area (TPSA) is 9.23 Å². The van der Waals surface area contributed by atoms with Crippen molar-refractivity contribution in [2.24, 2.45) is 0 Å². The van der Waals surface area contributed by atoms with E-state index in [0.29, 0.717) is 6.61 Å². The van der Waals surface area contributed by atoms with E-state index in [1.165, 1.54) is 4.90 Å². The second kappa shape index (κ2) is 6.12. The Hall–Kier alpha value is -0.930. The molecule has 0 saturated carbocycles. The summed E-state index contributed by atoms with van der Waals surface area (Å²) < 4.78 is 6.93. The summed E-state index contributed by atoms with van der Waals surface area (Å²) in [7, 11) is 0. The van der Waals surface area contributed by atoms with E-state index in [2.05, 4.69) is 34.3 Å². The first-order valence-electron chi connectivity index (χ1n) is 5.30. The van der Waals surface area contributed by atoms with Gasteiger partial charge in [0.25, 0.3) is 0 Å². The average molecular weight is 309 g/mol. The van der Waals surface area contributed by atoms with Crippen molar-refractivity contribution in [1.82, 2.24) is 0 Å². The molecule has 0 aliphatic carbocycles. The van der Waals surface area contributed by atoms with E-state index in [1.807, 2.05) is 36.4 Å². The minimum atomic E-state index is 0.582. The number of halogens is 1. The van der Waals surface area contributed by atoms with Gasteiger partial charge in [-0.2, -0.15) is 0 Å². The maximum absolute atomic E-state index is 5.84. The minimum Gasteiger partial charge on any atom is -0.488 e. The van der Waals surface area contributed by atoms with Gasteiger partial charge in [-0.15, -0.1) is 11.8 Å². The predicted octanol–water partition coefficient (Wildman–Crippen LogP) is 4.75. The molecule has 88 valence electrons. The number of hydrogen-bond acceptors (Lipinski definition) is 2. The van der Waals surface area contributed by atoms with Crippen LogP contribution in [0, 0.1) is 0 Å². The molecule has 2 rings (SSSR count). The third-order valence-corrected chi connectivity index (χ3v) is 3.96. The van der Waals surface area contributed by atoms with Gasteiger partial charge in [0.1, 0.15) is 12.4 Å². The van der Waals surface area contributed by atoms with Gasteiger partial charge in [0, 0.05) is 14.9 Å². The third-order valence-electron chi connectivity index (χ3n) is 2.41. The first-order chi connectivity index (χ1) is 8.31. The minimum absolute atomic E-state index is 0.582. The second-order valence-electron chi connectivity index (χ2n) is 3.53. The molecule has 0 bridgehead atoms. The van der Waals surface area contributed by atoms with Gasteiger partial charge in [-0.3, -0.25) is 0 Å². The summed E-state index contributed by atoms with van der Waals surface area (Å²) in [5, 5.41) is 0. The van der Waals surface area contributed by atoms with Gasteiger partial charge < -0.3 is 4.74 Å². The van der Waals surface area contributed by atoms with Crippen LogP contribution in [0.25, 0.3) is 0 Å². The highest BCUT2D eigenvalue weighted by Crippen LogP contribution is 2.28. The molecule has 0 aliphatic rings. The quantitative estimate of drug-likeness (QED) is 0.754. The van der Waals surface area contributed by atoms with Crippen LogP contribution in [0.5, 0.6) is 5.75 Å². The first kappa shape index (κ1) is 12.5. The Balaban J connectivity index is 2.10. The van der Waals surface area contributed by atoms with E-state index in [4.69, 9.17) is 4.74 Å². The number of ether oxygens (including phenoxy) is 1. The summed E-state index contributed by atoms with van der Waals surface area (Å²) in [6.07, 6.45) is 2.06. The van der Waals surface area contributed by atoms with Crippen molar-refractivity contribution >= 4 is 27.7 Å². The van der Waals surface area contributed by atoms with Crippen molar-refractivity contribution in [2.75, 3.05) is 6.26 Å². The molecule has 0 radical (unpaired) electrons. The van der Waals surface area contributed by atoms with Crippen LogP contribution in [0.1, 0.15) is 5.56 Å². The Morgan fingerprint density at radius 1 is 1.06 bits per heavy atom. The lowest BCUT2D eigenvalue weighted by Gasteiger charge is -2.10. The molecule has 0 aromatic heterocycles. The predicted molar refractivity (Wildman–Crippen MR) is 76.7 cm³/mol. The van der Waals surface area contributed by atoms with E-state index >= 15 is 0 Å². The summed E-state index contributed by atoms with van der Waals surface area (Å²) in [6.45, 7) is 0.582. The van der Waals surface area contributed by atoms with Crippen molar-refractivity contribution in [3.8, 4) is 5.75 Å². The van der Waals surface area contributed by atoms with Gasteiger partial charge in [-0.25, -0.2) is 0 Å². The fraction of sp³-hybridized carbons (Fsp3) is 0.143. The van der Waals surface area contributed by atoms with Gasteiger partial charge in [-0.05, 0) is 24.5 Å². The molecule has 0 aliphatic heterocycles. The Labute approximate surface area is 114 Å². The molecule has 0 saturated heterocycles. The molecule has 0 unspecified atom stereocenters. The van der Waals surface area contributed by atoms with Crippen LogP contribution in [0.3, 0.4) is 0 Å². The lowest BCUT2D eigenvalue weighted by molar-refractivity contribution is 0.298. The molecule has 0 fully saturated rings. The van der Waals surface area contributed by atoms with E-state index in [0.717, 1.165) is 15.8 Å². The maximum Gasteiger partial charge on any atom is 0.133 e. The monoisotopic (exact) mass is 308 g/mol. The molecule has 2 aromatic carbocycles. The van der Waals surface area contributed by atoms with Crippen LogP contribution in [0.15, 0.2) is 57.9 Å². The Morgan fingerprint density at radius 3 is 2.53 bits per heavy atom. The lowest BCUT2D eigenvalue weighted by Crippen LogP contribution is -1.97. The fourth-order valence-electron chi connectivity index (χ4n) is 1.51. The van der Waals surface area contributed by atoms with E-state index in [-0.39, 0.29) is 0 Å². The zero-order valence-electron chi connectivity index (χ0n) is 9.52. The van der Waals surface area contributed by atoms with E-state index in [1.54, 1.807) is 11.8 Å². The van der Waals surface area contributed by atoms with Crippen molar-refractivity contribution in [1.29, 1.82) is 0 Å². The van der Waals surface area contributed by atoms with Gasteiger partial charge >= 0.3 is 0 Å². The normalized spacial score (nSPS) is 10.2. The molecule has 0 spiro atoms. The molecule has 0 N–H and O–H groups in total. The van der Waals surface area contributed by atoms with Crippen LogP contribution >= 0.6 is 27.7 Å². The number of thioether (sulfide) groups is 1. The maximum atomic E-state index is 5.84. The lowest BCUT2D eigenvalue weighted by atomic mass is 10.2. The third kappa shape index (κ3) is 3.27. The largest absolute Gasteiger partial charge is 0.488 e. The highest BCUT2D eigenvalue weighted by Gasteiger charge is 2.03. The molecule has 0 heterocycles. The highest BCUT2D eigenvalue weighted by atomic mass is 79.9. The molecular formula is C14H13BrOS. The smallest absolute Gasteiger partial charge is 0.133 e. The highest BCUT2D eigenvalue weighted by molar-refractivity contribution is 9.10. The number of benzene rings is 2. The number of hydrogen-bond donors (Lipinski definition) is 0. The summed E-state index contributed by atoms with van der Waals surface area (Å²) >= 11 is 5.22. The Morgan fingerprint density at radius 2 is 1.76 bits per heavy atom. The van der Waals surface area contributed by atoms with Crippen molar-refractivity contribution < 1.29 is 4.74 Å². The fourth-order valence-corrected chi connectivity index (χ4v) is 2.45. The van der Waals surface area contributed by atoms with Crippen LogP contribution < -0.4 is 4.74 Å². The Kier molecular flexibility index (Phi) is 4.51. The van der Waals surface area contributed by atoms with Crippen LogP contribution in [-0.4, -0.2) is 6.26 Å². The van der Waals surface area contributed by atoms with Crippen LogP contribution in [0.4, 0.5) is 0 Å². The Bertz CT molecular complexity index is 499. The van der Waals surface area contributed by atoms with Crippen LogP contribution in [0.2, 0.25) is 0 Å².